The van der Waals surface area contributed by atoms with Crippen LogP contribution < -0.4 is 0 Å². The van der Waals surface area contributed by atoms with Crippen LogP contribution in [-0.2, 0) is 9.47 Å². The molecule has 1 aliphatic carbocycles. The van der Waals surface area contributed by atoms with Crippen molar-refractivity contribution in [3.8, 4) is 0 Å². The third-order valence-corrected chi connectivity index (χ3v) is 7.64. The van der Waals surface area contributed by atoms with Gasteiger partial charge in [0.1, 0.15) is 0 Å². The summed E-state index contributed by atoms with van der Waals surface area (Å²) in [5, 5.41) is 0. The molecule has 2 unspecified atom stereocenters. The van der Waals surface area contributed by atoms with Crippen molar-refractivity contribution >= 4 is 0 Å². The molecule has 1 spiro atoms. The van der Waals surface area contributed by atoms with Gasteiger partial charge in [-0.3, -0.25) is 0 Å². The van der Waals surface area contributed by atoms with E-state index in [-0.39, 0.29) is 5.79 Å². The molecule has 3 nitrogen and oxygen atoms in total. The molecular formula is C22H41NO2. The van der Waals surface area contributed by atoms with E-state index in [2.05, 4.69) is 32.6 Å². The van der Waals surface area contributed by atoms with Crippen LogP contribution in [0.25, 0.3) is 0 Å². The Morgan fingerprint density at radius 2 is 1.84 bits per heavy atom. The molecule has 0 amide bonds. The molecule has 2 saturated heterocycles. The van der Waals surface area contributed by atoms with Gasteiger partial charge >= 0.3 is 0 Å². The van der Waals surface area contributed by atoms with Crippen LogP contribution in [0.1, 0.15) is 91.9 Å². The van der Waals surface area contributed by atoms with E-state index >= 15 is 0 Å². The quantitative estimate of drug-likeness (QED) is 0.641. The zero-order valence-electron chi connectivity index (χ0n) is 17.2. The maximum absolute atomic E-state index is 6.50. The average molecular weight is 352 g/mol. The Balaban J connectivity index is 1.44. The normalized spacial score (nSPS) is 37.7. The first kappa shape index (κ1) is 19.6. The van der Waals surface area contributed by atoms with Crippen LogP contribution in [0, 0.1) is 11.3 Å². The molecule has 0 N–H and O–H groups in total. The van der Waals surface area contributed by atoms with Gasteiger partial charge in [0.15, 0.2) is 5.79 Å². The van der Waals surface area contributed by atoms with Crippen molar-refractivity contribution < 1.29 is 9.47 Å². The monoisotopic (exact) mass is 351 g/mol. The lowest BCUT2D eigenvalue weighted by Gasteiger charge is -2.42. The smallest absolute Gasteiger partial charge is 0.168 e. The highest BCUT2D eigenvalue weighted by atomic mass is 16.7. The molecule has 0 aromatic heterocycles. The van der Waals surface area contributed by atoms with Gasteiger partial charge in [-0.05, 0) is 56.4 Å². The standard InChI is InChI=1S/C22H41NO2/c1-5-19-9-7-8-15-23(19)16-12-20-17-24-22(25-20)13-10-18(11-14-22)21(3,4)6-2/h18-20H,5-17H2,1-4H3. The second kappa shape index (κ2) is 8.27. The van der Waals surface area contributed by atoms with Gasteiger partial charge in [-0.1, -0.05) is 40.5 Å². The van der Waals surface area contributed by atoms with Gasteiger partial charge in [-0.2, -0.15) is 0 Å². The summed E-state index contributed by atoms with van der Waals surface area (Å²) in [6, 6.07) is 0.803. The van der Waals surface area contributed by atoms with Crippen LogP contribution >= 0.6 is 0 Å². The van der Waals surface area contributed by atoms with Crippen molar-refractivity contribution in [3.05, 3.63) is 0 Å². The van der Waals surface area contributed by atoms with E-state index in [4.69, 9.17) is 9.47 Å². The Morgan fingerprint density at radius 1 is 1.08 bits per heavy atom. The van der Waals surface area contributed by atoms with Gasteiger partial charge in [-0.15, -0.1) is 0 Å². The first-order valence-electron chi connectivity index (χ1n) is 11.0. The summed E-state index contributed by atoms with van der Waals surface area (Å²) in [7, 11) is 0. The van der Waals surface area contributed by atoms with Gasteiger partial charge in [0.25, 0.3) is 0 Å². The van der Waals surface area contributed by atoms with Crippen LogP contribution in [0.3, 0.4) is 0 Å². The molecule has 0 aromatic rings. The van der Waals surface area contributed by atoms with Gasteiger partial charge < -0.3 is 14.4 Å². The van der Waals surface area contributed by atoms with Crippen molar-refractivity contribution in [1.29, 1.82) is 0 Å². The molecule has 1 saturated carbocycles. The second-order valence-electron chi connectivity index (χ2n) is 9.46. The van der Waals surface area contributed by atoms with Crippen LogP contribution in [-0.4, -0.2) is 42.5 Å². The van der Waals surface area contributed by atoms with Gasteiger partial charge in [0, 0.05) is 25.4 Å². The van der Waals surface area contributed by atoms with Crippen molar-refractivity contribution in [3.63, 3.8) is 0 Å². The van der Waals surface area contributed by atoms with E-state index in [1.807, 2.05) is 0 Å². The number of hydrogen-bond donors (Lipinski definition) is 0. The van der Waals surface area contributed by atoms with Crippen molar-refractivity contribution in [2.75, 3.05) is 19.7 Å². The van der Waals surface area contributed by atoms with E-state index in [9.17, 15) is 0 Å². The number of ether oxygens (including phenoxy) is 2. The Bertz CT molecular complexity index is 414. The Hall–Kier alpha value is -0.120. The number of rotatable bonds is 6. The molecule has 2 aliphatic heterocycles. The first-order valence-corrected chi connectivity index (χ1v) is 11.0. The summed E-state index contributed by atoms with van der Waals surface area (Å²) in [6.07, 6.45) is 12.9. The fourth-order valence-corrected chi connectivity index (χ4v) is 5.28. The fraction of sp³-hybridized carbons (Fsp3) is 1.00. The van der Waals surface area contributed by atoms with Gasteiger partial charge in [0.05, 0.1) is 12.7 Å². The van der Waals surface area contributed by atoms with Crippen LogP contribution in [0.15, 0.2) is 0 Å². The minimum atomic E-state index is -0.239. The van der Waals surface area contributed by atoms with E-state index in [0.717, 1.165) is 37.8 Å². The Labute approximate surface area is 155 Å². The maximum Gasteiger partial charge on any atom is 0.168 e. The molecule has 0 aromatic carbocycles. The number of hydrogen-bond acceptors (Lipinski definition) is 3. The predicted molar refractivity (Wildman–Crippen MR) is 104 cm³/mol. The van der Waals surface area contributed by atoms with Crippen LogP contribution in [0.4, 0.5) is 0 Å². The zero-order chi connectivity index (χ0) is 17.9. The summed E-state index contributed by atoms with van der Waals surface area (Å²) in [6.45, 7) is 12.8. The number of piperidine rings is 1. The fourth-order valence-electron chi connectivity index (χ4n) is 5.28. The topological polar surface area (TPSA) is 21.7 Å². The largest absolute Gasteiger partial charge is 0.347 e. The maximum atomic E-state index is 6.50. The van der Waals surface area contributed by atoms with E-state index in [1.54, 1.807) is 0 Å². The summed E-state index contributed by atoms with van der Waals surface area (Å²) >= 11 is 0. The van der Waals surface area contributed by atoms with Crippen LogP contribution in [0.5, 0.6) is 0 Å². The summed E-state index contributed by atoms with van der Waals surface area (Å²) in [5.74, 6) is 0.588. The summed E-state index contributed by atoms with van der Waals surface area (Å²) in [5.41, 5.74) is 0.461. The average Bonchev–Trinajstić information content (AvgIpc) is 3.03. The highest BCUT2D eigenvalue weighted by Crippen LogP contribution is 2.47. The Kier molecular flexibility index (Phi) is 6.50. The molecular weight excluding hydrogens is 310 g/mol. The lowest BCUT2D eigenvalue weighted by atomic mass is 9.68. The van der Waals surface area contributed by atoms with Crippen molar-refractivity contribution in [2.24, 2.45) is 11.3 Å². The summed E-state index contributed by atoms with van der Waals surface area (Å²) in [4.78, 5) is 2.71. The SMILES string of the molecule is CCC1CCCCN1CCC1COC2(CCC(C(C)(C)CC)CC2)O1. The minimum absolute atomic E-state index is 0.239. The van der Waals surface area contributed by atoms with Gasteiger partial charge in [-0.25, -0.2) is 0 Å². The molecule has 0 bridgehead atoms. The molecule has 3 heteroatoms. The third-order valence-electron chi connectivity index (χ3n) is 7.64. The van der Waals surface area contributed by atoms with E-state index in [1.165, 1.54) is 58.0 Å². The van der Waals surface area contributed by atoms with Gasteiger partial charge in [0.2, 0.25) is 0 Å². The molecule has 0 radical (unpaired) electrons. The predicted octanol–water partition coefficient (Wildman–Crippen LogP) is 5.38. The molecule has 3 fully saturated rings. The molecule has 3 aliphatic rings. The minimum Gasteiger partial charge on any atom is -0.347 e. The molecule has 146 valence electrons. The van der Waals surface area contributed by atoms with E-state index < -0.39 is 0 Å². The number of likely N-dealkylation sites (tertiary alicyclic amines) is 1. The van der Waals surface area contributed by atoms with Crippen LogP contribution in [0.2, 0.25) is 0 Å². The lowest BCUT2D eigenvalue weighted by molar-refractivity contribution is -0.197. The Morgan fingerprint density at radius 3 is 2.52 bits per heavy atom. The molecule has 2 heterocycles. The third kappa shape index (κ3) is 4.59. The molecule has 3 rings (SSSR count). The van der Waals surface area contributed by atoms with E-state index in [0.29, 0.717) is 11.5 Å². The summed E-state index contributed by atoms with van der Waals surface area (Å²) < 4.78 is 12.7. The van der Waals surface area contributed by atoms with Crippen molar-refractivity contribution in [1.82, 2.24) is 4.90 Å². The highest BCUT2D eigenvalue weighted by molar-refractivity contribution is 4.90. The lowest BCUT2D eigenvalue weighted by Crippen LogP contribution is -2.41. The molecule has 25 heavy (non-hydrogen) atoms. The number of nitrogens with zero attached hydrogens (tertiary/aromatic N) is 1. The van der Waals surface area contributed by atoms with Crippen molar-refractivity contribution in [2.45, 2.75) is 110 Å². The first-order chi connectivity index (χ1) is 12.0. The zero-order valence-corrected chi connectivity index (χ0v) is 17.2. The highest BCUT2D eigenvalue weighted by Gasteiger charge is 2.46. The second-order valence-corrected chi connectivity index (χ2v) is 9.46. The molecule has 2 atom stereocenters.